The summed E-state index contributed by atoms with van der Waals surface area (Å²) in [5.41, 5.74) is 1.38. The van der Waals surface area contributed by atoms with Crippen LogP contribution >= 0.6 is 0 Å². The predicted molar refractivity (Wildman–Crippen MR) is 38.5 cm³/mol. The van der Waals surface area contributed by atoms with Crippen LogP contribution in [0.4, 0.5) is 5.88 Å². The van der Waals surface area contributed by atoms with Crippen LogP contribution in [0.2, 0.25) is 0 Å². The summed E-state index contributed by atoms with van der Waals surface area (Å²) in [6.07, 6.45) is 0. The van der Waals surface area contributed by atoms with Crippen molar-refractivity contribution in [2.24, 2.45) is 0 Å². The van der Waals surface area contributed by atoms with Crippen molar-refractivity contribution in [3.63, 3.8) is 0 Å². The van der Waals surface area contributed by atoms with Crippen LogP contribution in [0.3, 0.4) is 0 Å². The third-order valence-electron chi connectivity index (χ3n) is 1.33. The molecule has 0 fully saturated rings. The predicted octanol–water partition coefficient (Wildman–Crippen LogP) is 0.497. The Morgan fingerprint density at radius 2 is 2.27 bits per heavy atom. The van der Waals surface area contributed by atoms with Crippen molar-refractivity contribution < 1.29 is 13.3 Å². The highest BCUT2D eigenvalue weighted by molar-refractivity contribution is 7.80. The van der Waals surface area contributed by atoms with Crippen molar-refractivity contribution in [3.05, 3.63) is 11.3 Å². The number of hydrogen-bond acceptors (Lipinski definition) is 4. The number of nitrogens with one attached hydrogen (secondary N) is 1. The monoisotopic (exact) mass is 175 g/mol. The number of aryl methyl sites for hydroxylation is 1. The van der Waals surface area contributed by atoms with E-state index in [0.29, 0.717) is 11.3 Å². The topological polar surface area (TPSA) is 78.2 Å². The molecule has 0 amide bonds. The van der Waals surface area contributed by atoms with Crippen molar-refractivity contribution in [1.82, 2.24) is 5.16 Å². The molecule has 5 nitrogen and oxygen atoms in total. The van der Waals surface area contributed by atoms with Crippen LogP contribution in [-0.4, -0.2) is 13.9 Å². The van der Waals surface area contributed by atoms with E-state index in [1.165, 1.54) is 0 Å². The maximum Gasteiger partial charge on any atom is 0.238 e. The highest BCUT2D eigenvalue weighted by atomic mass is 32.2. The van der Waals surface area contributed by atoms with Gasteiger partial charge in [0, 0.05) is 16.8 Å². The Kier molecular flexibility index (Phi) is 2.25. The first-order valence-electron chi connectivity index (χ1n) is 2.90. The molecule has 1 atom stereocenters. The van der Waals surface area contributed by atoms with Gasteiger partial charge in [-0.3, -0.25) is 8.93 Å². The molecular weight excluding hydrogens is 168 g/mol. The molecule has 11 heavy (non-hydrogen) atoms. The average Bonchev–Trinajstić information content (AvgIpc) is 2.18. The molecule has 0 aromatic carbocycles. The van der Waals surface area contributed by atoms with E-state index in [0.717, 1.165) is 0 Å². The first kappa shape index (κ1) is 8.22. The lowest BCUT2D eigenvalue weighted by Gasteiger charge is -2.03. The molecular formula is C5H7N2O3S-. The molecule has 1 rings (SSSR count). The zero-order valence-corrected chi connectivity index (χ0v) is 6.90. The molecule has 0 aliphatic heterocycles. The van der Waals surface area contributed by atoms with Gasteiger partial charge < -0.3 is 9.08 Å². The van der Waals surface area contributed by atoms with Gasteiger partial charge >= 0.3 is 0 Å². The number of aromatic nitrogens is 1. The summed E-state index contributed by atoms with van der Waals surface area (Å²) in [4.78, 5) is 0. The summed E-state index contributed by atoms with van der Waals surface area (Å²) in [5, 5.41) is 3.56. The summed E-state index contributed by atoms with van der Waals surface area (Å²) in [7, 11) is 0. The summed E-state index contributed by atoms with van der Waals surface area (Å²) in [6.45, 7) is 3.46. The van der Waals surface area contributed by atoms with Gasteiger partial charge in [-0.25, -0.2) is 0 Å². The molecule has 0 saturated carbocycles. The van der Waals surface area contributed by atoms with E-state index in [-0.39, 0.29) is 5.88 Å². The maximum atomic E-state index is 10.1. The zero-order valence-electron chi connectivity index (χ0n) is 6.08. The number of hydrogen-bond donors (Lipinski definition) is 1. The van der Waals surface area contributed by atoms with Gasteiger partial charge in [-0.05, 0) is 13.8 Å². The maximum absolute atomic E-state index is 10.1. The van der Waals surface area contributed by atoms with E-state index >= 15 is 0 Å². The van der Waals surface area contributed by atoms with Gasteiger partial charge in [0.15, 0.2) is 0 Å². The minimum Gasteiger partial charge on any atom is -0.755 e. The fraction of sp³-hybridized carbons (Fsp3) is 0.400. The molecule has 0 radical (unpaired) electrons. The van der Waals surface area contributed by atoms with Gasteiger partial charge in [-0.1, -0.05) is 5.16 Å². The second-order valence-corrected chi connectivity index (χ2v) is 2.73. The van der Waals surface area contributed by atoms with Crippen molar-refractivity contribution in [3.8, 4) is 0 Å². The van der Waals surface area contributed by atoms with Crippen LogP contribution in [0.25, 0.3) is 0 Å². The molecule has 1 unspecified atom stereocenters. The number of anilines is 1. The summed E-state index contributed by atoms with van der Waals surface area (Å²) >= 11 is -2.35. The highest BCUT2D eigenvalue weighted by Crippen LogP contribution is 2.16. The molecule has 0 spiro atoms. The minimum absolute atomic E-state index is 0.177. The van der Waals surface area contributed by atoms with Crippen molar-refractivity contribution in [1.29, 1.82) is 0 Å². The molecule has 0 aliphatic carbocycles. The fourth-order valence-electron chi connectivity index (χ4n) is 0.586. The van der Waals surface area contributed by atoms with E-state index in [4.69, 9.17) is 0 Å². The molecule has 0 saturated heterocycles. The van der Waals surface area contributed by atoms with E-state index in [9.17, 15) is 8.76 Å². The van der Waals surface area contributed by atoms with Crippen LogP contribution < -0.4 is 4.72 Å². The van der Waals surface area contributed by atoms with Gasteiger partial charge in [0.2, 0.25) is 5.88 Å². The van der Waals surface area contributed by atoms with Gasteiger partial charge in [-0.15, -0.1) is 0 Å². The van der Waals surface area contributed by atoms with Gasteiger partial charge in [0.25, 0.3) is 0 Å². The van der Waals surface area contributed by atoms with Gasteiger partial charge in [0.05, 0.1) is 5.69 Å². The Labute approximate surface area is 66.2 Å². The van der Waals surface area contributed by atoms with Crippen LogP contribution in [0, 0.1) is 13.8 Å². The van der Waals surface area contributed by atoms with E-state index in [1.54, 1.807) is 13.8 Å². The second kappa shape index (κ2) is 3.02. The number of rotatable bonds is 2. The Morgan fingerprint density at radius 1 is 1.64 bits per heavy atom. The van der Waals surface area contributed by atoms with Gasteiger partial charge in [-0.2, -0.15) is 0 Å². The Bertz CT molecular complexity index is 283. The quantitative estimate of drug-likeness (QED) is 0.664. The molecule has 0 bridgehead atoms. The lowest BCUT2D eigenvalue weighted by atomic mass is 10.3. The molecule has 1 aromatic heterocycles. The highest BCUT2D eigenvalue weighted by Gasteiger charge is 2.06. The standard InChI is InChI=1S/C5H8N2O3S/c1-3-4(2)6-10-5(3)7-11(8)9/h7H,1-2H3,(H,8,9)/p-1. The molecule has 0 aliphatic rings. The zero-order chi connectivity index (χ0) is 8.43. The first-order chi connectivity index (χ1) is 5.11. The molecule has 6 heteroatoms. The van der Waals surface area contributed by atoms with Crippen molar-refractivity contribution >= 4 is 17.2 Å². The molecule has 1 heterocycles. The lowest BCUT2D eigenvalue weighted by molar-refractivity contribution is 0.429. The lowest BCUT2D eigenvalue weighted by Crippen LogP contribution is -2.02. The Hall–Kier alpha value is -0.880. The van der Waals surface area contributed by atoms with E-state index in [1.807, 2.05) is 0 Å². The molecule has 62 valence electrons. The number of nitrogens with zero attached hydrogens (tertiary/aromatic N) is 1. The van der Waals surface area contributed by atoms with Gasteiger partial charge in [0.1, 0.15) is 0 Å². The summed E-state index contributed by atoms with van der Waals surface area (Å²) in [6, 6.07) is 0. The third kappa shape index (κ3) is 1.78. The normalized spacial score (nSPS) is 13.0. The fourth-order valence-corrected chi connectivity index (χ4v) is 0.928. The SMILES string of the molecule is Cc1noc(NS(=O)[O-])c1C. The van der Waals surface area contributed by atoms with Crippen molar-refractivity contribution in [2.75, 3.05) is 4.72 Å². The molecule has 1 aromatic rings. The van der Waals surface area contributed by atoms with Crippen LogP contribution in [-0.2, 0) is 11.3 Å². The largest absolute Gasteiger partial charge is 0.755 e. The minimum atomic E-state index is -2.35. The van der Waals surface area contributed by atoms with Crippen LogP contribution in [0.15, 0.2) is 4.52 Å². The Balaban J connectivity index is 2.87. The van der Waals surface area contributed by atoms with E-state index < -0.39 is 11.3 Å². The first-order valence-corrected chi connectivity index (χ1v) is 3.97. The van der Waals surface area contributed by atoms with Crippen LogP contribution in [0.5, 0.6) is 0 Å². The second-order valence-electron chi connectivity index (χ2n) is 2.06. The van der Waals surface area contributed by atoms with Crippen molar-refractivity contribution in [2.45, 2.75) is 13.8 Å². The Morgan fingerprint density at radius 3 is 2.64 bits per heavy atom. The summed E-state index contributed by atoms with van der Waals surface area (Å²) in [5.74, 6) is 0.177. The molecule has 1 N–H and O–H groups in total. The third-order valence-corrected chi connectivity index (χ3v) is 1.69. The summed E-state index contributed by atoms with van der Waals surface area (Å²) < 4.78 is 27.0. The van der Waals surface area contributed by atoms with E-state index in [2.05, 4.69) is 14.4 Å². The average molecular weight is 175 g/mol. The van der Waals surface area contributed by atoms with Crippen LogP contribution in [0.1, 0.15) is 11.3 Å². The smallest absolute Gasteiger partial charge is 0.238 e.